The highest BCUT2D eigenvalue weighted by molar-refractivity contribution is 8.02. The second-order valence-corrected chi connectivity index (χ2v) is 4.64. The van der Waals surface area contributed by atoms with Crippen LogP contribution in [0.2, 0.25) is 0 Å². The molecule has 1 amide bonds. The van der Waals surface area contributed by atoms with E-state index in [0.717, 1.165) is 0 Å². The summed E-state index contributed by atoms with van der Waals surface area (Å²) in [7, 11) is 0. The van der Waals surface area contributed by atoms with Crippen LogP contribution in [-0.4, -0.2) is 22.2 Å². The molecule has 0 aliphatic carbocycles. The van der Waals surface area contributed by atoms with Crippen LogP contribution in [0.3, 0.4) is 0 Å². The van der Waals surface area contributed by atoms with E-state index in [9.17, 15) is 9.59 Å². The number of carbonyl (C=O) groups excluding carboxylic acids is 2. The Hall–Kier alpha value is -1.03. The van der Waals surface area contributed by atoms with Gasteiger partial charge in [0, 0.05) is 0 Å². The van der Waals surface area contributed by atoms with Crippen LogP contribution in [0.4, 0.5) is 0 Å². The molecule has 0 aromatic rings. The van der Waals surface area contributed by atoms with Gasteiger partial charge in [-0.1, -0.05) is 12.2 Å². The minimum Gasteiger partial charge on any atom is -0.368 e. The fraction of sp³-hybridized carbons (Fsp3) is 0.364. The number of amides is 1. The van der Waals surface area contributed by atoms with Crippen molar-refractivity contribution in [3.8, 4) is 0 Å². The summed E-state index contributed by atoms with van der Waals surface area (Å²) >= 11 is 1.30. The van der Waals surface area contributed by atoms with Crippen molar-refractivity contribution in [3.63, 3.8) is 0 Å². The van der Waals surface area contributed by atoms with Gasteiger partial charge in [0.15, 0.2) is 5.78 Å². The first-order chi connectivity index (χ1) is 7.08. The smallest absolute Gasteiger partial charge is 0.235 e. The van der Waals surface area contributed by atoms with E-state index in [1.807, 2.05) is 0 Å². The number of Topliss-reactive ketones (excluding diaryl/α,β-unsaturated/α-hetero) is 1. The lowest BCUT2D eigenvalue weighted by molar-refractivity contribution is -0.122. The number of primary amides is 1. The Bertz CT molecular complexity index is 314. The van der Waals surface area contributed by atoms with Crippen molar-refractivity contribution in [2.75, 3.05) is 5.75 Å². The van der Waals surface area contributed by atoms with Gasteiger partial charge in [0.25, 0.3) is 0 Å². The highest BCUT2D eigenvalue weighted by Gasteiger charge is 2.52. The molecule has 1 aliphatic rings. The number of hydrogen-bond acceptors (Lipinski definition) is 3. The third kappa shape index (κ3) is 2.00. The maximum atomic E-state index is 11.6. The largest absolute Gasteiger partial charge is 0.368 e. The van der Waals surface area contributed by atoms with Gasteiger partial charge in [-0.05, 0) is 12.8 Å². The molecule has 0 saturated carbocycles. The summed E-state index contributed by atoms with van der Waals surface area (Å²) in [6.45, 7) is 7.18. The lowest BCUT2D eigenvalue weighted by Gasteiger charge is -2.27. The molecule has 3 nitrogen and oxygen atoms in total. The number of nitrogens with two attached hydrogens (primary N) is 1. The predicted molar refractivity (Wildman–Crippen MR) is 62.3 cm³/mol. The summed E-state index contributed by atoms with van der Waals surface area (Å²) in [6.07, 6.45) is 4.07. The number of rotatable bonds is 5. The lowest BCUT2D eigenvalue weighted by Crippen LogP contribution is -2.44. The molecule has 1 heterocycles. The number of carbonyl (C=O) groups is 2. The molecule has 1 radical (unpaired) electrons. The first-order valence-electron chi connectivity index (χ1n) is 4.63. The highest BCUT2D eigenvalue weighted by atomic mass is 32.2. The number of hydrogen-bond donors (Lipinski definition) is 1. The van der Waals surface area contributed by atoms with E-state index in [2.05, 4.69) is 13.2 Å². The van der Waals surface area contributed by atoms with E-state index in [1.165, 1.54) is 11.8 Å². The van der Waals surface area contributed by atoms with Gasteiger partial charge in [-0.2, -0.15) is 0 Å². The van der Waals surface area contributed by atoms with E-state index in [0.29, 0.717) is 24.5 Å². The first kappa shape index (κ1) is 12.0. The molecule has 0 bridgehead atoms. The summed E-state index contributed by atoms with van der Waals surface area (Å²) in [5.74, 6) is 0.422. The van der Waals surface area contributed by atoms with E-state index < -0.39 is 10.7 Å². The number of allylic oxidation sites excluding steroid dienone is 2. The standard InChI is InChI=1S/C11H14NO2S/c1-3-5-8-9(13)7-15-11(8,6-4-2)10(12)14/h3-4H,1-2,5-7H2,(H2,12,14). The lowest BCUT2D eigenvalue weighted by atomic mass is 9.83. The molecule has 1 aliphatic heterocycles. The zero-order chi connectivity index (χ0) is 11.5. The van der Waals surface area contributed by atoms with Gasteiger partial charge in [0.1, 0.15) is 4.75 Å². The van der Waals surface area contributed by atoms with Crippen molar-refractivity contribution in [2.45, 2.75) is 17.6 Å². The Balaban J connectivity index is 3.04. The molecular formula is C11H14NO2S. The quantitative estimate of drug-likeness (QED) is 0.715. The zero-order valence-electron chi connectivity index (χ0n) is 8.49. The summed E-state index contributed by atoms with van der Waals surface area (Å²) in [4.78, 5) is 23.1. The minimum absolute atomic E-state index is 0.000509. The average Bonchev–Trinajstić information content (AvgIpc) is 2.48. The van der Waals surface area contributed by atoms with Gasteiger partial charge >= 0.3 is 0 Å². The molecule has 2 N–H and O–H groups in total. The Morgan fingerprint density at radius 3 is 2.67 bits per heavy atom. The Kier molecular flexibility index (Phi) is 3.74. The molecule has 1 unspecified atom stereocenters. The number of thioether (sulfide) groups is 1. The zero-order valence-corrected chi connectivity index (χ0v) is 9.31. The molecule has 1 atom stereocenters. The highest BCUT2D eigenvalue weighted by Crippen LogP contribution is 2.46. The first-order valence-corrected chi connectivity index (χ1v) is 5.62. The molecule has 0 aromatic heterocycles. The van der Waals surface area contributed by atoms with Gasteiger partial charge in [0.05, 0.1) is 11.7 Å². The summed E-state index contributed by atoms with van der Waals surface area (Å²) in [5, 5.41) is 0. The van der Waals surface area contributed by atoms with Crippen LogP contribution in [-0.2, 0) is 9.59 Å². The third-order valence-electron chi connectivity index (χ3n) is 2.45. The Labute approximate surface area is 93.8 Å². The van der Waals surface area contributed by atoms with Crippen LogP contribution in [0.25, 0.3) is 0 Å². The molecule has 1 rings (SSSR count). The molecule has 0 spiro atoms. The molecular weight excluding hydrogens is 210 g/mol. The van der Waals surface area contributed by atoms with Crippen molar-refractivity contribution in [1.82, 2.24) is 0 Å². The van der Waals surface area contributed by atoms with E-state index in [1.54, 1.807) is 12.2 Å². The van der Waals surface area contributed by atoms with Crippen LogP contribution in [0.15, 0.2) is 25.3 Å². The predicted octanol–water partition coefficient (Wildman–Crippen LogP) is 1.25. The Morgan fingerprint density at radius 2 is 2.20 bits per heavy atom. The van der Waals surface area contributed by atoms with Crippen LogP contribution < -0.4 is 5.73 Å². The van der Waals surface area contributed by atoms with Gasteiger partial charge in [-0.3, -0.25) is 9.59 Å². The second kappa shape index (κ2) is 4.66. The second-order valence-electron chi connectivity index (χ2n) is 3.37. The normalized spacial score (nSPS) is 26.5. The van der Waals surface area contributed by atoms with Gasteiger partial charge in [-0.25, -0.2) is 0 Å². The molecule has 4 heteroatoms. The average molecular weight is 224 g/mol. The molecule has 0 aromatic carbocycles. The van der Waals surface area contributed by atoms with Crippen LogP contribution in [0.1, 0.15) is 12.8 Å². The summed E-state index contributed by atoms with van der Waals surface area (Å²) in [5.41, 5.74) is 5.39. The van der Waals surface area contributed by atoms with E-state index >= 15 is 0 Å². The Morgan fingerprint density at radius 1 is 1.53 bits per heavy atom. The molecule has 1 saturated heterocycles. The SMILES string of the molecule is C=CC[C]1C(=O)CSC1(CC=C)C(N)=O. The van der Waals surface area contributed by atoms with Crippen molar-refractivity contribution in [1.29, 1.82) is 0 Å². The fourth-order valence-electron chi connectivity index (χ4n) is 1.72. The number of ketones is 1. The van der Waals surface area contributed by atoms with Crippen molar-refractivity contribution < 1.29 is 9.59 Å². The van der Waals surface area contributed by atoms with Crippen LogP contribution in [0.5, 0.6) is 0 Å². The van der Waals surface area contributed by atoms with E-state index in [4.69, 9.17) is 5.73 Å². The molecule has 1 fully saturated rings. The van der Waals surface area contributed by atoms with Gasteiger partial charge in [-0.15, -0.1) is 24.9 Å². The van der Waals surface area contributed by atoms with Crippen molar-refractivity contribution in [3.05, 3.63) is 31.2 Å². The summed E-state index contributed by atoms with van der Waals surface area (Å²) < 4.78 is -0.882. The van der Waals surface area contributed by atoms with Crippen molar-refractivity contribution in [2.24, 2.45) is 5.73 Å². The summed E-state index contributed by atoms with van der Waals surface area (Å²) in [6, 6.07) is 0. The molecule has 15 heavy (non-hydrogen) atoms. The minimum atomic E-state index is -0.882. The van der Waals surface area contributed by atoms with Crippen molar-refractivity contribution >= 4 is 23.5 Å². The van der Waals surface area contributed by atoms with Gasteiger partial charge in [0.2, 0.25) is 5.91 Å². The van der Waals surface area contributed by atoms with Gasteiger partial charge < -0.3 is 5.73 Å². The third-order valence-corrected chi connectivity index (χ3v) is 3.97. The van der Waals surface area contributed by atoms with Crippen LogP contribution in [0, 0.1) is 5.92 Å². The maximum absolute atomic E-state index is 11.6. The monoisotopic (exact) mass is 224 g/mol. The fourth-order valence-corrected chi connectivity index (χ4v) is 3.02. The van der Waals surface area contributed by atoms with E-state index in [-0.39, 0.29) is 5.78 Å². The topological polar surface area (TPSA) is 60.2 Å². The molecule has 81 valence electrons. The maximum Gasteiger partial charge on any atom is 0.235 e. The van der Waals surface area contributed by atoms with Crippen LogP contribution >= 0.6 is 11.8 Å².